The maximum atomic E-state index is 13.1. The highest BCUT2D eigenvalue weighted by Crippen LogP contribution is 2.38. The summed E-state index contributed by atoms with van der Waals surface area (Å²) in [6.07, 6.45) is 0. The molecule has 2 aromatic heterocycles. The molecule has 39 heavy (non-hydrogen) atoms. The standard InChI is InChI=1S/C28H25N5O5S/c1-18-8-11-21(12-9-18)39-23-13-10-20(16-22(23)33(36)37)25-29-26-24(32(25)17-19-6-4-3-5-7-19)27(34)30-28(35)31(26)14-15-38-2/h3-13,16H,14-15,17H2,1-2H3,(H,30,34,35). The van der Waals surface area contributed by atoms with Gasteiger partial charge in [0, 0.05) is 30.2 Å². The summed E-state index contributed by atoms with van der Waals surface area (Å²) < 4.78 is 8.19. The third kappa shape index (κ3) is 5.40. The van der Waals surface area contributed by atoms with Crippen molar-refractivity contribution in [3.05, 3.63) is 115 Å². The van der Waals surface area contributed by atoms with Gasteiger partial charge in [0.2, 0.25) is 0 Å². The molecule has 0 aliphatic carbocycles. The second-order valence-electron chi connectivity index (χ2n) is 8.94. The van der Waals surface area contributed by atoms with Gasteiger partial charge in [-0.15, -0.1) is 0 Å². The molecule has 0 saturated carbocycles. The van der Waals surface area contributed by atoms with Crippen molar-refractivity contribution in [2.75, 3.05) is 13.7 Å². The van der Waals surface area contributed by atoms with E-state index in [1.165, 1.54) is 29.5 Å². The van der Waals surface area contributed by atoms with E-state index < -0.39 is 16.2 Å². The number of aryl methyl sites for hydroxylation is 1. The van der Waals surface area contributed by atoms with Crippen LogP contribution in [0.1, 0.15) is 11.1 Å². The number of H-pyrrole nitrogens is 1. The molecule has 0 aliphatic heterocycles. The van der Waals surface area contributed by atoms with Gasteiger partial charge in [-0.25, -0.2) is 9.78 Å². The van der Waals surface area contributed by atoms with Gasteiger partial charge < -0.3 is 9.30 Å². The molecule has 0 fully saturated rings. The van der Waals surface area contributed by atoms with Crippen LogP contribution in [0.2, 0.25) is 0 Å². The van der Waals surface area contributed by atoms with Gasteiger partial charge in [-0.3, -0.25) is 24.5 Å². The first-order valence-electron chi connectivity index (χ1n) is 12.1. The molecule has 0 amide bonds. The Labute approximate surface area is 227 Å². The minimum atomic E-state index is -0.601. The summed E-state index contributed by atoms with van der Waals surface area (Å²) in [4.78, 5) is 45.9. The number of benzene rings is 3. The quantitative estimate of drug-likeness (QED) is 0.212. The Balaban J connectivity index is 1.70. The van der Waals surface area contributed by atoms with Gasteiger partial charge in [-0.1, -0.05) is 59.8 Å². The Bertz CT molecular complexity index is 1780. The molecule has 11 heteroatoms. The van der Waals surface area contributed by atoms with Gasteiger partial charge in [-0.05, 0) is 36.8 Å². The van der Waals surface area contributed by atoms with Crippen LogP contribution < -0.4 is 11.2 Å². The summed E-state index contributed by atoms with van der Waals surface area (Å²) in [6.45, 7) is 2.66. The smallest absolute Gasteiger partial charge is 0.330 e. The minimum absolute atomic E-state index is 0.0814. The number of nitro groups is 1. The topological polar surface area (TPSA) is 125 Å². The van der Waals surface area contributed by atoms with E-state index in [0.29, 0.717) is 16.3 Å². The van der Waals surface area contributed by atoms with E-state index in [0.717, 1.165) is 16.0 Å². The number of ether oxygens (including phenoxy) is 1. The SMILES string of the molecule is COCCn1c(=O)[nH]c(=O)c2c1nc(-c1ccc(Sc3ccc(C)cc3)c([N+](=O)[O-])c1)n2Cc1ccccc1. The molecular formula is C28H25N5O5S. The van der Waals surface area contributed by atoms with Crippen molar-refractivity contribution in [3.63, 3.8) is 0 Å². The normalized spacial score (nSPS) is 11.2. The van der Waals surface area contributed by atoms with Crippen LogP contribution in [0, 0.1) is 17.0 Å². The Morgan fingerprint density at radius 1 is 1.03 bits per heavy atom. The summed E-state index contributed by atoms with van der Waals surface area (Å²) in [7, 11) is 1.52. The maximum absolute atomic E-state index is 13.1. The van der Waals surface area contributed by atoms with E-state index >= 15 is 0 Å². The van der Waals surface area contributed by atoms with Crippen LogP contribution in [0.3, 0.4) is 0 Å². The summed E-state index contributed by atoms with van der Waals surface area (Å²) in [6, 6.07) is 22.1. The molecule has 0 spiro atoms. The zero-order valence-electron chi connectivity index (χ0n) is 21.3. The van der Waals surface area contributed by atoms with Gasteiger partial charge in [0.1, 0.15) is 5.82 Å². The highest BCUT2D eigenvalue weighted by molar-refractivity contribution is 7.99. The van der Waals surface area contributed by atoms with Gasteiger partial charge >= 0.3 is 5.69 Å². The lowest BCUT2D eigenvalue weighted by Gasteiger charge is -2.11. The van der Waals surface area contributed by atoms with E-state index in [9.17, 15) is 19.7 Å². The number of hydrogen-bond acceptors (Lipinski definition) is 7. The van der Waals surface area contributed by atoms with Crippen molar-refractivity contribution in [2.24, 2.45) is 0 Å². The average molecular weight is 544 g/mol. The van der Waals surface area contributed by atoms with Crippen LogP contribution in [-0.4, -0.2) is 37.7 Å². The van der Waals surface area contributed by atoms with Crippen LogP contribution >= 0.6 is 11.8 Å². The number of nitro benzene ring substituents is 1. The second kappa shape index (κ2) is 11.1. The molecule has 1 N–H and O–H groups in total. The van der Waals surface area contributed by atoms with E-state index in [-0.39, 0.29) is 36.5 Å². The number of nitrogens with one attached hydrogen (secondary N) is 1. The third-order valence-electron chi connectivity index (χ3n) is 6.25. The van der Waals surface area contributed by atoms with Crippen LogP contribution in [0.15, 0.2) is 92.2 Å². The molecule has 198 valence electrons. The number of aromatic nitrogens is 4. The largest absolute Gasteiger partial charge is 0.383 e. The Kier molecular flexibility index (Phi) is 7.44. The van der Waals surface area contributed by atoms with Crippen molar-refractivity contribution in [1.29, 1.82) is 0 Å². The first kappa shape index (κ1) is 26.1. The van der Waals surface area contributed by atoms with Gasteiger partial charge in [0.05, 0.1) is 23.0 Å². The average Bonchev–Trinajstić information content (AvgIpc) is 3.30. The van der Waals surface area contributed by atoms with Crippen LogP contribution in [-0.2, 0) is 17.8 Å². The molecule has 0 atom stereocenters. The van der Waals surface area contributed by atoms with Crippen molar-refractivity contribution < 1.29 is 9.66 Å². The van der Waals surface area contributed by atoms with Crippen LogP contribution in [0.5, 0.6) is 0 Å². The summed E-state index contributed by atoms with van der Waals surface area (Å²) >= 11 is 1.30. The summed E-state index contributed by atoms with van der Waals surface area (Å²) in [5, 5.41) is 12.1. The van der Waals surface area contributed by atoms with Crippen LogP contribution in [0.25, 0.3) is 22.6 Å². The number of methoxy groups -OCH3 is 1. The Morgan fingerprint density at radius 2 is 1.77 bits per heavy atom. The molecule has 0 bridgehead atoms. The number of aromatic amines is 1. The lowest BCUT2D eigenvalue weighted by molar-refractivity contribution is -0.387. The molecule has 0 unspecified atom stereocenters. The molecule has 3 aromatic carbocycles. The molecule has 0 aliphatic rings. The Hall–Kier alpha value is -4.48. The lowest BCUT2D eigenvalue weighted by Crippen LogP contribution is -2.32. The zero-order valence-corrected chi connectivity index (χ0v) is 22.1. The maximum Gasteiger partial charge on any atom is 0.330 e. The number of nitrogens with zero attached hydrogens (tertiary/aromatic N) is 4. The van der Waals surface area contributed by atoms with Crippen molar-refractivity contribution in [3.8, 4) is 11.4 Å². The monoisotopic (exact) mass is 543 g/mol. The first-order valence-corrected chi connectivity index (χ1v) is 13.0. The van der Waals surface area contributed by atoms with E-state index in [1.54, 1.807) is 16.7 Å². The predicted octanol–water partition coefficient (Wildman–Crippen LogP) is 4.62. The number of hydrogen-bond donors (Lipinski definition) is 1. The summed E-state index contributed by atoms with van der Waals surface area (Å²) in [5.41, 5.74) is 1.57. The highest BCUT2D eigenvalue weighted by Gasteiger charge is 2.23. The predicted molar refractivity (Wildman–Crippen MR) is 149 cm³/mol. The minimum Gasteiger partial charge on any atom is -0.383 e. The number of imidazole rings is 1. The molecule has 0 radical (unpaired) electrons. The number of fused-ring (bicyclic) bond motifs is 1. The van der Waals surface area contributed by atoms with Crippen molar-refractivity contribution in [2.45, 2.75) is 29.8 Å². The van der Waals surface area contributed by atoms with E-state index in [2.05, 4.69) is 4.98 Å². The first-order chi connectivity index (χ1) is 18.9. The van der Waals surface area contributed by atoms with Gasteiger partial charge in [-0.2, -0.15) is 0 Å². The van der Waals surface area contributed by atoms with Gasteiger partial charge in [0.15, 0.2) is 11.2 Å². The van der Waals surface area contributed by atoms with Crippen LogP contribution in [0.4, 0.5) is 5.69 Å². The fraction of sp³-hybridized carbons (Fsp3) is 0.179. The zero-order chi connectivity index (χ0) is 27.5. The third-order valence-corrected chi connectivity index (χ3v) is 7.32. The molecule has 5 aromatic rings. The molecule has 0 saturated heterocycles. The van der Waals surface area contributed by atoms with E-state index in [1.807, 2.05) is 61.5 Å². The molecule has 2 heterocycles. The highest BCUT2D eigenvalue weighted by atomic mass is 32.2. The second-order valence-corrected chi connectivity index (χ2v) is 10.1. The van der Waals surface area contributed by atoms with E-state index in [4.69, 9.17) is 9.72 Å². The Morgan fingerprint density at radius 3 is 2.46 bits per heavy atom. The molecule has 5 rings (SSSR count). The van der Waals surface area contributed by atoms with Crippen molar-refractivity contribution >= 4 is 28.6 Å². The fourth-order valence-electron chi connectivity index (χ4n) is 4.32. The van der Waals surface area contributed by atoms with Gasteiger partial charge in [0.25, 0.3) is 11.2 Å². The summed E-state index contributed by atoms with van der Waals surface area (Å²) in [5.74, 6) is 0.339. The lowest BCUT2D eigenvalue weighted by atomic mass is 10.1. The molecular weight excluding hydrogens is 518 g/mol. The molecule has 10 nitrogen and oxygen atoms in total. The number of rotatable bonds is 9. The van der Waals surface area contributed by atoms with Crippen molar-refractivity contribution in [1.82, 2.24) is 19.1 Å². The fourth-order valence-corrected chi connectivity index (χ4v) is 5.22.